The van der Waals surface area contributed by atoms with Crippen LogP contribution < -0.4 is 0 Å². The summed E-state index contributed by atoms with van der Waals surface area (Å²) in [5.74, 6) is 0. The van der Waals surface area contributed by atoms with Crippen molar-refractivity contribution in [2.75, 3.05) is 0 Å². The van der Waals surface area contributed by atoms with Crippen LogP contribution in [-0.4, -0.2) is 11.0 Å². The van der Waals surface area contributed by atoms with E-state index in [-0.39, 0.29) is 11.8 Å². The van der Waals surface area contributed by atoms with Crippen LogP contribution in [-0.2, 0) is 11.3 Å². The molecule has 0 amide bonds. The van der Waals surface area contributed by atoms with Crippen LogP contribution >= 0.6 is 15.9 Å². The quantitative estimate of drug-likeness (QED) is 0.588. The zero-order valence-electron chi connectivity index (χ0n) is 9.98. The summed E-state index contributed by atoms with van der Waals surface area (Å²) in [6.45, 7) is 4.50. The highest BCUT2D eigenvalue weighted by molar-refractivity contribution is 9.10. The van der Waals surface area contributed by atoms with E-state index in [1.807, 2.05) is 13.0 Å². The molecular weight excluding hydrogens is 286 g/mol. The highest BCUT2D eigenvalue weighted by Crippen LogP contribution is 2.28. The molecule has 0 saturated carbocycles. The lowest BCUT2D eigenvalue weighted by atomic mass is 10.2. The molecule has 0 radical (unpaired) electrons. The molecule has 0 saturated heterocycles. The summed E-state index contributed by atoms with van der Waals surface area (Å²) < 4.78 is 6.14. The monoisotopic (exact) mass is 301 g/mol. The topological polar surface area (TPSA) is 52.4 Å². The van der Waals surface area contributed by atoms with Crippen LogP contribution in [0.3, 0.4) is 0 Å². The third kappa shape index (κ3) is 4.09. The third-order valence-corrected chi connectivity index (χ3v) is 3.39. The molecule has 0 fully saturated rings. The SMILES string of the molecule is CCCC(C)OCc1cccc([N+](=O)[O-])c1Br. The van der Waals surface area contributed by atoms with Crippen LogP contribution in [0.2, 0.25) is 0 Å². The molecule has 1 atom stereocenters. The number of benzene rings is 1. The van der Waals surface area contributed by atoms with E-state index in [1.165, 1.54) is 6.07 Å². The fraction of sp³-hybridized carbons (Fsp3) is 0.500. The van der Waals surface area contributed by atoms with Gasteiger partial charge in [-0.15, -0.1) is 0 Å². The van der Waals surface area contributed by atoms with Gasteiger partial charge in [0.25, 0.3) is 5.69 Å². The summed E-state index contributed by atoms with van der Waals surface area (Å²) in [5.41, 5.74) is 0.886. The number of nitro benzene ring substituents is 1. The van der Waals surface area contributed by atoms with Gasteiger partial charge in [0, 0.05) is 6.07 Å². The number of ether oxygens (including phenoxy) is 1. The van der Waals surface area contributed by atoms with Gasteiger partial charge >= 0.3 is 0 Å². The number of rotatable bonds is 6. The normalized spacial score (nSPS) is 12.4. The molecule has 0 aliphatic heterocycles. The van der Waals surface area contributed by atoms with Gasteiger partial charge in [-0.25, -0.2) is 0 Å². The van der Waals surface area contributed by atoms with Gasteiger partial charge in [0.1, 0.15) is 4.47 Å². The van der Waals surface area contributed by atoms with E-state index in [9.17, 15) is 10.1 Å². The van der Waals surface area contributed by atoms with E-state index < -0.39 is 4.92 Å². The van der Waals surface area contributed by atoms with Crippen molar-refractivity contribution in [1.29, 1.82) is 0 Å². The first kappa shape index (κ1) is 14.1. The number of halogens is 1. The predicted molar refractivity (Wildman–Crippen MR) is 70.0 cm³/mol. The molecule has 4 nitrogen and oxygen atoms in total. The van der Waals surface area contributed by atoms with Crippen molar-refractivity contribution in [3.8, 4) is 0 Å². The maximum absolute atomic E-state index is 10.7. The lowest BCUT2D eigenvalue weighted by Crippen LogP contribution is -2.08. The van der Waals surface area contributed by atoms with E-state index in [0.29, 0.717) is 11.1 Å². The molecule has 0 spiro atoms. The fourth-order valence-corrected chi connectivity index (χ4v) is 2.06. The first-order chi connectivity index (χ1) is 8.06. The Morgan fingerprint density at radius 3 is 2.82 bits per heavy atom. The summed E-state index contributed by atoms with van der Waals surface area (Å²) in [6, 6.07) is 4.98. The standard InChI is InChI=1S/C12H16BrNO3/c1-3-5-9(2)17-8-10-6-4-7-11(12(10)13)14(15)16/h4,6-7,9H,3,5,8H2,1-2H3. The van der Waals surface area contributed by atoms with Crippen molar-refractivity contribution in [2.24, 2.45) is 0 Å². The molecule has 0 bridgehead atoms. The van der Waals surface area contributed by atoms with E-state index in [0.717, 1.165) is 18.4 Å². The van der Waals surface area contributed by atoms with Crippen molar-refractivity contribution in [1.82, 2.24) is 0 Å². The molecule has 1 aromatic rings. The van der Waals surface area contributed by atoms with Crippen molar-refractivity contribution >= 4 is 21.6 Å². The highest BCUT2D eigenvalue weighted by atomic mass is 79.9. The second-order valence-electron chi connectivity index (χ2n) is 3.92. The molecule has 17 heavy (non-hydrogen) atoms. The van der Waals surface area contributed by atoms with Gasteiger partial charge in [-0.05, 0) is 34.8 Å². The molecule has 0 aliphatic rings. The van der Waals surface area contributed by atoms with Crippen LogP contribution in [0.5, 0.6) is 0 Å². The first-order valence-corrected chi connectivity index (χ1v) is 6.39. The average Bonchev–Trinajstić information content (AvgIpc) is 2.27. The molecule has 1 aromatic carbocycles. The smallest absolute Gasteiger partial charge is 0.283 e. The van der Waals surface area contributed by atoms with Gasteiger partial charge in [0.2, 0.25) is 0 Å². The summed E-state index contributed by atoms with van der Waals surface area (Å²) in [7, 11) is 0. The minimum Gasteiger partial charge on any atom is -0.374 e. The Hall–Kier alpha value is -0.940. The molecular formula is C12H16BrNO3. The maximum Gasteiger partial charge on any atom is 0.283 e. The summed E-state index contributed by atoms with van der Waals surface area (Å²) in [4.78, 5) is 10.3. The molecule has 94 valence electrons. The Bertz CT molecular complexity index is 395. The van der Waals surface area contributed by atoms with Crippen molar-refractivity contribution in [2.45, 2.75) is 39.4 Å². The first-order valence-electron chi connectivity index (χ1n) is 5.59. The summed E-state index contributed by atoms with van der Waals surface area (Å²) in [6.07, 6.45) is 2.23. The van der Waals surface area contributed by atoms with E-state index in [4.69, 9.17) is 4.74 Å². The maximum atomic E-state index is 10.7. The molecule has 0 aromatic heterocycles. The number of hydrogen-bond acceptors (Lipinski definition) is 3. The number of hydrogen-bond donors (Lipinski definition) is 0. The second-order valence-corrected chi connectivity index (χ2v) is 4.71. The average molecular weight is 302 g/mol. The largest absolute Gasteiger partial charge is 0.374 e. The number of nitrogens with zero attached hydrogens (tertiary/aromatic N) is 1. The summed E-state index contributed by atoms with van der Waals surface area (Å²) in [5, 5.41) is 10.7. The number of nitro groups is 1. The molecule has 1 unspecified atom stereocenters. The van der Waals surface area contributed by atoms with Crippen LogP contribution in [0.4, 0.5) is 5.69 Å². The van der Waals surface area contributed by atoms with Crippen LogP contribution in [0.1, 0.15) is 32.3 Å². The van der Waals surface area contributed by atoms with Gasteiger partial charge in [-0.3, -0.25) is 10.1 Å². The minimum atomic E-state index is -0.400. The van der Waals surface area contributed by atoms with Gasteiger partial charge in [-0.2, -0.15) is 0 Å². The lowest BCUT2D eigenvalue weighted by molar-refractivity contribution is -0.385. The molecule has 0 aliphatic carbocycles. The molecule has 0 heterocycles. The molecule has 0 N–H and O–H groups in total. The van der Waals surface area contributed by atoms with E-state index >= 15 is 0 Å². The zero-order chi connectivity index (χ0) is 12.8. The highest BCUT2D eigenvalue weighted by Gasteiger charge is 2.15. The zero-order valence-corrected chi connectivity index (χ0v) is 11.6. The lowest BCUT2D eigenvalue weighted by Gasteiger charge is -2.12. The fourth-order valence-electron chi connectivity index (χ4n) is 1.54. The van der Waals surface area contributed by atoms with Crippen molar-refractivity contribution in [3.63, 3.8) is 0 Å². The van der Waals surface area contributed by atoms with Gasteiger partial charge in [-0.1, -0.05) is 25.5 Å². The van der Waals surface area contributed by atoms with Gasteiger partial charge in [0.05, 0.1) is 17.6 Å². The Kier molecular flexibility index (Phi) is 5.58. The van der Waals surface area contributed by atoms with Crippen molar-refractivity contribution < 1.29 is 9.66 Å². The molecule has 1 rings (SSSR count). The minimum absolute atomic E-state index is 0.0780. The second kappa shape index (κ2) is 6.71. The summed E-state index contributed by atoms with van der Waals surface area (Å²) >= 11 is 3.25. The van der Waals surface area contributed by atoms with Crippen LogP contribution in [0.25, 0.3) is 0 Å². The van der Waals surface area contributed by atoms with Crippen molar-refractivity contribution in [3.05, 3.63) is 38.3 Å². The Morgan fingerprint density at radius 2 is 2.24 bits per heavy atom. The Balaban J connectivity index is 2.72. The van der Waals surface area contributed by atoms with E-state index in [2.05, 4.69) is 22.9 Å². The van der Waals surface area contributed by atoms with E-state index in [1.54, 1.807) is 6.07 Å². The Labute approximate surface area is 109 Å². The Morgan fingerprint density at radius 1 is 1.53 bits per heavy atom. The van der Waals surface area contributed by atoms with Crippen LogP contribution in [0, 0.1) is 10.1 Å². The third-order valence-electron chi connectivity index (χ3n) is 2.47. The predicted octanol–water partition coefficient (Wildman–Crippen LogP) is 4.06. The molecule has 5 heteroatoms. The van der Waals surface area contributed by atoms with Crippen LogP contribution in [0.15, 0.2) is 22.7 Å². The van der Waals surface area contributed by atoms with Gasteiger partial charge in [0.15, 0.2) is 0 Å². The van der Waals surface area contributed by atoms with Gasteiger partial charge < -0.3 is 4.74 Å².